The third-order valence-corrected chi connectivity index (χ3v) is 6.04. The number of primary amides is 1. The lowest BCUT2D eigenvalue weighted by atomic mass is 9.85. The SMILES string of the molecule is C[C@@H]1CCC(Nc2nc(NC3CCC(OCC(F)(F)F)CC3)ncc2C(N)=O)CC1O. The number of anilines is 2. The topological polar surface area (TPSA) is 122 Å². The van der Waals surface area contributed by atoms with E-state index in [1.54, 1.807) is 0 Å². The maximum absolute atomic E-state index is 12.3. The average molecular weight is 445 g/mol. The van der Waals surface area contributed by atoms with Crippen molar-refractivity contribution in [1.82, 2.24) is 9.97 Å². The first-order valence-corrected chi connectivity index (χ1v) is 10.7. The molecule has 5 N–H and O–H groups in total. The van der Waals surface area contributed by atoms with E-state index in [-0.39, 0.29) is 23.6 Å². The van der Waals surface area contributed by atoms with Crippen molar-refractivity contribution < 1.29 is 27.8 Å². The molecule has 0 aromatic carbocycles. The molecule has 2 aliphatic rings. The van der Waals surface area contributed by atoms with Gasteiger partial charge in [0.1, 0.15) is 12.4 Å². The highest BCUT2D eigenvalue weighted by Crippen LogP contribution is 2.28. The smallest absolute Gasteiger partial charge is 0.393 e. The molecule has 0 radical (unpaired) electrons. The summed E-state index contributed by atoms with van der Waals surface area (Å²) in [5, 5.41) is 16.5. The molecule has 2 saturated carbocycles. The maximum atomic E-state index is 12.3. The summed E-state index contributed by atoms with van der Waals surface area (Å²) in [5.74, 6) is 0.212. The van der Waals surface area contributed by atoms with E-state index in [0.717, 1.165) is 12.8 Å². The molecule has 1 aromatic rings. The number of carbonyl (C=O) groups excluding carboxylic acids is 1. The Balaban J connectivity index is 1.58. The fourth-order valence-electron chi connectivity index (χ4n) is 4.13. The van der Waals surface area contributed by atoms with Crippen molar-refractivity contribution in [2.75, 3.05) is 17.2 Å². The summed E-state index contributed by atoms with van der Waals surface area (Å²) in [4.78, 5) is 20.4. The molecule has 0 spiro atoms. The first-order valence-electron chi connectivity index (χ1n) is 10.7. The number of nitrogens with two attached hydrogens (primary N) is 1. The number of nitrogens with one attached hydrogen (secondary N) is 2. The largest absolute Gasteiger partial charge is 0.411 e. The van der Waals surface area contributed by atoms with Gasteiger partial charge in [-0.1, -0.05) is 6.92 Å². The Labute approximate surface area is 179 Å². The van der Waals surface area contributed by atoms with Crippen molar-refractivity contribution in [3.63, 3.8) is 0 Å². The summed E-state index contributed by atoms with van der Waals surface area (Å²) >= 11 is 0. The zero-order valence-electron chi connectivity index (χ0n) is 17.5. The normalized spacial score (nSPS) is 29.4. The number of amides is 1. The Hall–Kier alpha value is -2.14. The zero-order chi connectivity index (χ0) is 22.6. The standard InChI is InChI=1S/C20H30F3N5O3/c1-11-2-3-13(8-16(11)29)26-18-15(17(24)30)9-25-19(28-18)27-12-4-6-14(7-5-12)31-10-20(21,22)23/h9,11-14,16,29H,2-8,10H2,1H3,(H2,24,30)(H2,25,26,27,28)/t11-,12?,13?,14?,16?/m1/s1. The molecule has 2 unspecified atom stereocenters. The molecule has 3 rings (SSSR count). The molecule has 1 aromatic heterocycles. The minimum atomic E-state index is -4.32. The van der Waals surface area contributed by atoms with Gasteiger partial charge < -0.3 is 26.2 Å². The van der Waals surface area contributed by atoms with Crippen molar-refractivity contribution in [1.29, 1.82) is 0 Å². The first kappa shape index (κ1) is 23.5. The molecule has 0 bridgehead atoms. The van der Waals surface area contributed by atoms with E-state index in [2.05, 4.69) is 20.6 Å². The number of alkyl halides is 3. The van der Waals surface area contributed by atoms with Crippen LogP contribution in [0.15, 0.2) is 6.20 Å². The van der Waals surface area contributed by atoms with E-state index in [4.69, 9.17) is 10.5 Å². The second kappa shape index (κ2) is 9.99. The summed E-state index contributed by atoms with van der Waals surface area (Å²) in [7, 11) is 0. The Kier molecular flexibility index (Phi) is 7.58. The van der Waals surface area contributed by atoms with Crippen LogP contribution in [0, 0.1) is 5.92 Å². The van der Waals surface area contributed by atoms with Gasteiger partial charge >= 0.3 is 6.18 Å². The molecule has 31 heavy (non-hydrogen) atoms. The molecule has 1 amide bonds. The Morgan fingerprint density at radius 2 is 1.87 bits per heavy atom. The van der Waals surface area contributed by atoms with Crippen LogP contribution in [0.4, 0.5) is 24.9 Å². The number of carbonyl (C=O) groups is 1. The lowest BCUT2D eigenvalue weighted by molar-refractivity contribution is -0.187. The van der Waals surface area contributed by atoms with E-state index >= 15 is 0 Å². The number of hydrogen-bond donors (Lipinski definition) is 4. The quantitative estimate of drug-likeness (QED) is 0.509. The Morgan fingerprint density at radius 3 is 2.48 bits per heavy atom. The van der Waals surface area contributed by atoms with E-state index in [9.17, 15) is 23.1 Å². The third kappa shape index (κ3) is 6.93. The van der Waals surface area contributed by atoms with Gasteiger partial charge in [0, 0.05) is 18.3 Å². The fraction of sp³-hybridized carbons (Fsp3) is 0.750. The van der Waals surface area contributed by atoms with Gasteiger partial charge in [0.25, 0.3) is 5.91 Å². The average Bonchev–Trinajstić information content (AvgIpc) is 2.70. The summed E-state index contributed by atoms with van der Waals surface area (Å²) < 4.78 is 41.9. The molecule has 2 fully saturated rings. The first-order chi connectivity index (χ1) is 14.6. The number of aliphatic hydroxyl groups excluding tert-OH is 1. The summed E-state index contributed by atoms with van der Waals surface area (Å²) in [5.41, 5.74) is 5.62. The molecule has 0 aliphatic heterocycles. The lowest BCUT2D eigenvalue weighted by Gasteiger charge is -2.32. The molecule has 0 saturated heterocycles. The van der Waals surface area contributed by atoms with E-state index in [1.165, 1.54) is 6.20 Å². The van der Waals surface area contributed by atoms with E-state index in [0.29, 0.717) is 43.9 Å². The van der Waals surface area contributed by atoms with E-state index < -0.39 is 30.9 Å². The number of nitrogens with zero attached hydrogens (tertiary/aromatic N) is 2. The van der Waals surface area contributed by atoms with Crippen molar-refractivity contribution >= 4 is 17.7 Å². The minimum Gasteiger partial charge on any atom is -0.393 e. The van der Waals surface area contributed by atoms with Crippen LogP contribution in [0.3, 0.4) is 0 Å². The molecule has 11 heteroatoms. The molecule has 3 atom stereocenters. The van der Waals surface area contributed by atoms with Crippen molar-refractivity contribution in [2.24, 2.45) is 11.7 Å². The molecule has 8 nitrogen and oxygen atoms in total. The van der Waals surface area contributed by atoms with Gasteiger partial charge in [-0.05, 0) is 50.9 Å². The lowest BCUT2D eigenvalue weighted by Crippen LogP contribution is -2.36. The molecular formula is C20H30F3N5O3. The van der Waals surface area contributed by atoms with Crippen molar-refractivity contribution in [3.05, 3.63) is 11.8 Å². The summed E-state index contributed by atoms with van der Waals surface area (Å²) in [6.45, 7) is 0.780. The maximum Gasteiger partial charge on any atom is 0.411 e. The van der Waals surface area contributed by atoms with Crippen LogP contribution in [0.2, 0.25) is 0 Å². The van der Waals surface area contributed by atoms with Crippen molar-refractivity contribution in [3.8, 4) is 0 Å². The number of halogens is 3. The van der Waals surface area contributed by atoms with Crippen LogP contribution in [-0.2, 0) is 4.74 Å². The predicted molar refractivity (Wildman–Crippen MR) is 109 cm³/mol. The third-order valence-electron chi connectivity index (χ3n) is 6.04. The number of ether oxygens (including phenoxy) is 1. The van der Waals surface area contributed by atoms with Gasteiger partial charge in [0.15, 0.2) is 0 Å². The van der Waals surface area contributed by atoms with Crippen LogP contribution in [-0.4, -0.2) is 58.1 Å². The fourth-order valence-corrected chi connectivity index (χ4v) is 4.13. The van der Waals surface area contributed by atoms with Crippen molar-refractivity contribution in [2.45, 2.75) is 82.3 Å². The van der Waals surface area contributed by atoms with Crippen LogP contribution in [0.1, 0.15) is 62.2 Å². The molecular weight excluding hydrogens is 415 g/mol. The highest BCUT2D eigenvalue weighted by molar-refractivity contribution is 5.97. The van der Waals surface area contributed by atoms with Gasteiger partial charge in [0.2, 0.25) is 5.95 Å². The number of aromatic nitrogens is 2. The number of hydrogen-bond acceptors (Lipinski definition) is 7. The second-order valence-corrected chi connectivity index (χ2v) is 8.56. The number of rotatable bonds is 7. The molecule has 1 heterocycles. The van der Waals surface area contributed by atoms with E-state index in [1.807, 2.05) is 6.92 Å². The van der Waals surface area contributed by atoms with Gasteiger partial charge in [-0.2, -0.15) is 18.2 Å². The van der Waals surface area contributed by atoms with Gasteiger partial charge in [0.05, 0.1) is 17.8 Å². The van der Waals surface area contributed by atoms with Gasteiger partial charge in [-0.25, -0.2) is 4.98 Å². The Morgan fingerprint density at radius 1 is 1.19 bits per heavy atom. The van der Waals surface area contributed by atoms with Gasteiger partial charge in [-0.3, -0.25) is 4.79 Å². The Bertz CT molecular complexity index is 756. The number of aliphatic hydroxyl groups is 1. The van der Waals surface area contributed by atoms with Crippen LogP contribution < -0.4 is 16.4 Å². The highest BCUT2D eigenvalue weighted by Gasteiger charge is 2.31. The second-order valence-electron chi connectivity index (χ2n) is 8.56. The predicted octanol–water partition coefficient (Wildman–Crippen LogP) is 2.84. The van der Waals surface area contributed by atoms with Crippen LogP contribution in [0.5, 0.6) is 0 Å². The monoisotopic (exact) mass is 445 g/mol. The molecule has 2 aliphatic carbocycles. The highest BCUT2D eigenvalue weighted by atomic mass is 19.4. The molecule has 174 valence electrons. The summed E-state index contributed by atoms with van der Waals surface area (Å²) in [6.07, 6.45) is 0.735. The van der Waals surface area contributed by atoms with Gasteiger partial charge in [-0.15, -0.1) is 0 Å². The summed E-state index contributed by atoms with van der Waals surface area (Å²) in [6, 6.07) is -0.0383. The zero-order valence-corrected chi connectivity index (χ0v) is 17.5. The van der Waals surface area contributed by atoms with Crippen LogP contribution >= 0.6 is 0 Å². The van der Waals surface area contributed by atoms with Crippen LogP contribution in [0.25, 0.3) is 0 Å². The minimum absolute atomic E-state index is 0.00429.